The Morgan fingerprint density at radius 3 is 3.13 bits per heavy atom. The minimum Gasteiger partial charge on any atom is -0.464 e. The number of aromatic nitrogens is 3. The first-order valence-corrected chi connectivity index (χ1v) is 4.48. The number of carbonyl (C=O) groups excluding carboxylic acids is 1. The summed E-state index contributed by atoms with van der Waals surface area (Å²) < 4.78 is 11.0. The van der Waals surface area contributed by atoms with E-state index >= 15 is 0 Å². The molecule has 7 nitrogen and oxygen atoms in total. The normalized spacial score (nSPS) is 25.5. The van der Waals surface area contributed by atoms with Crippen molar-refractivity contribution in [2.75, 3.05) is 20.3 Å². The minimum absolute atomic E-state index is 0.122. The second kappa shape index (κ2) is 3.95. The molecule has 0 radical (unpaired) electrons. The SMILES string of the molecule is COC(=O)c1cn([C@H]2COC[C@@H]2O)nn1. The van der Waals surface area contributed by atoms with E-state index in [1.807, 2.05) is 0 Å². The van der Waals surface area contributed by atoms with Gasteiger partial charge in [0.2, 0.25) is 0 Å². The van der Waals surface area contributed by atoms with Gasteiger partial charge in [-0.25, -0.2) is 9.48 Å². The van der Waals surface area contributed by atoms with Gasteiger partial charge in [0, 0.05) is 0 Å². The molecule has 0 aliphatic carbocycles. The van der Waals surface area contributed by atoms with Crippen molar-refractivity contribution in [1.82, 2.24) is 15.0 Å². The third-order valence-electron chi connectivity index (χ3n) is 2.27. The number of esters is 1. The summed E-state index contributed by atoms with van der Waals surface area (Å²) in [4.78, 5) is 11.1. The Labute approximate surface area is 85.6 Å². The van der Waals surface area contributed by atoms with Gasteiger partial charge in [-0.1, -0.05) is 5.21 Å². The van der Waals surface area contributed by atoms with Crippen LogP contribution in [0.3, 0.4) is 0 Å². The Bertz CT molecular complexity index is 365. The molecule has 0 spiro atoms. The molecule has 1 fully saturated rings. The molecule has 1 N–H and O–H groups in total. The molecule has 1 aliphatic heterocycles. The molecule has 0 saturated carbocycles. The molecule has 7 heteroatoms. The summed E-state index contributed by atoms with van der Waals surface area (Å²) in [6.45, 7) is 0.642. The Kier molecular flexibility index (Phi) is 2.65. The van der Waals surface area contributed by atoms with Crippen molar-refractivity contribution in [2.24, 2.45) is 0 Å². The summed E-state index contributed by atoms with van der Waals surface area (Å²) in [5.41, 5.74) is 0.122. The molecule has 0 unspecified atom stereocenters. The van der Waals surface area contributed by atoms with Gasteiger partial charge in [0.05, 0.1) is 26.5 Å². The lowest BCUT2D eigenvalue weighted by Gasteiger charge is -2.10. The summed E-state index contributed by atoms with van der Waals surface area (Å²) >= 11 is 0. The lowest BCUT2D eigenvalue weighted by Crippen LogP contribution is -2.22. The van der Waals surface area contributed by atoms with Crippen molar-refractivity contribution in [1.29, 1.82) is 0 Å². The lowest BCUT2D eigenvalue weighted by molar-refractivity contribution is 0.0593. The maximum Gasteiger partial charge on any atom is 0.360 e. The van der Waals surface area contributed by atoms with Crippen molar-refractivity contribution in [3.05, 3.63) is 11.9 Å². The number of nitrogens with zero attached hydrogens (tertiary/aromatic N) is 3. The fourth-order valence-electron chi connectivity index (χ4n) is 1.42. The summed E-state index contributed by atoms with van der Waals surface area (Å²) in [6.07, 6.45) is 0.825. The molecule has 2 rings (SSSR count). The highest BCUT2D eigenvalue weighted by atomic mass is 16.5. The molecular weight excluding hydrogens is 202 g/mol. The second-order valence-corrected chi connectivity index (χ2v) is 3.25. The highest BCUT2D eigenvalue weighted by Crippen LogP contribution is 2.18. The van der Waals surface area contributed by atoms with E-state index < -0.39 is 12.1 Å². The predicted octanol–water partition coefficient (Wildman–Crippen LogP) is -1.00. The van der Waals surface area contributed by atoms with Crippen LogP contribution in [0.25, 0.3) is 0 Å². The lowest BCUT2D eigenvalue weighted by atomic mass is 10.2. The van der Waals surface area contributed by atoms with Crippen LogP contribution < -0.4 is 0 Å². The van der Waals surface area contributed by atoms with E-state index in [1.165, 1.54) is 18.0 Å². The molecule has 15 heavy (non-hydrogen) atoms. The number of hydrogen-bond acceptors (Lipinski definition) is 6. The highest BCUT2D eigenvalue weighted by Gasteiger charge is 2.29. The second-order valence-electron chi connectivity index (χ2n) is 3.25. The van der Waals surface area contributed by atoms with Gasteiger partial charge in [-0.3, -0.25) is 0 Å². The van der Waals surface area contributed by atoms with Gasteiger partial charge in [0.25, 0.3) is 0 Å². The fourth-order valence-corrected chi connectivity index (χ4v) is 1.42. The largest absolute Gasteiger partial charge is 0.464 e. The first-order chi connectivity index (χ1) is 7.22. The molecule has 0 amide bonds. The van der Waals surface area contributed by atoms with Crippen molar-refractivity contribution in [3.63, 3.8) is 0 Å². The standard InChI is InChI=1S/C8H11N3O4/c1-14-8(13)5-2-11(10-9-5)6-3-15-4-7(6)12/h2,6-7,12H,3-4H2,1H3/t6-,7-/m0/s1. The number of carbonyl (C=O) groups is 1. The first-order valence-electron chi connectivity index (χ1n) is 4.48. The molecule has 1 saturated heterocycles. The fraction of sp³-hybridized carbons (Fsp3) is 0.625. The van der Waals surface area contributed by atoms with Crippen LogP contribution in [0.15, 0.2) is 6.20 Å². The van der Waals surface area contributed by atoms with Crippen molar-refractivity contribution < 1.29 is 19.4 Å². The molecule has 0 bridgehead atoms. The molecule has 1 aromatic rings. The van der Waals surface area contributed by atoms with Gasteiger partial charge in [-0.2, -0.15) is 0 Å². The van der Waals surface area contributed by atoms with Crippen molar-refractivity contribution in [3.8, 4) is 0 Å². The quantitative estimate of drug-likeness (QED) is 0.634. The van der Waals surface area contributed by atoms with E-state index in [4.69, 9.17) is 4.74 Å². The Hall–Kier alpha value is -1.47. The monoisotopic (exact) mass is 213 g/mol. The van der Waals surface area contributed by atoms with Crippen LogP contribution in [0.5, 0.6) is 0 Å². The summed E-state index contributed by atoms with van der Waals surface area (Å²) in [6, 6.07) is -0.282. The number of rotatable bonds is 2. The number of hydrogen-bond donors (Lipinski definition) is 1. The Balaban J connectivity index is 2.16. The molecular formula is C8H11N3O4. The maximum absolute atomic E-state index is 11.1. The van der Waals surface area contributed by atoms with Gasteiger partial charge in [-0.05, 0) is 0 Å². The third kappa shape index (κ3) is 1.83. The van der Waals surface area contributed by atoms with E-state index in [2.05, 4.69) is 15.0 Å². The van der Waals surface area contributed by atoms with Crippen LogP contribution >= 0.6 is 0 Å². The zero-order valence-electron chi connectivity index (χ0n) is 8.16. The smallest absolute Gasteiger partial charge is 0.360 e. The molecule has 2 heterocycles. The number of methoxy groups -OCH3 is 1. The van der Waals surface area contributed by atoms with Crippen LogP contribution in [0.1, 0.15) is 16.5 Å². The van der Waals surface area contributed by atoms with E-state index in [1.54, 1.807) is 0 Å². The minimum atomic E-state index is -0.614. The van der Waals surface area contributed by atoms with Crippen LogP contribution in [0.2, 0.25) is 0 Å². The average Bonchev–Trinajstić information content (AvgIpc) is 2.84. The van der Waals surface area contributed by atoms with Gasteiger partial charge in [-0.15, -0.1) is 5.10 Å². The maximum atomic E-state index is 11.1. The summed E-state index contributed by atoms with van der Waals surface area (Å²) in [5, 5.41) is 16.9. The zero-order chi connectivity index (χ0) is 10.8. The molecule has 1 aliphatic rings. The van der Waals surface area contributed by atoms with Gasteiger partial charge >= 0.3 is 5.97 Å². The van der Waals surface area contributed by atoms with Crippen molar-refractivity contribution in [2.45, 2.75) is 12.1 Å². The molecule has 0 aromatic carbocycles. The third-order valence-corrected chi connectivity index (χ3v) is 2.27. The average molecular weight is 213 g/mol. The van der Waals surface area contributed by atoms with Gasteiger partial charge < -0.3 is 14.6 Å². The van der Waals surface area contributed by atoms with E-state index in [0.29, 0.717) is 6.61 Å². The van der Waals surface area contributed by atoms with Crippen LogP contribution in [-0.4, -0.2) is 52.5 Å². The van der Waals surface area contributed by atoms with Crippen LogP contribution in [0, 0.1) is 0 Å². The molecule has 1 aromatic heterocycles. The summed E-state index contributed by atoms with van der Waals surface area (Å²) in [7, 11) is 1.27. The number of aliphatic hydroxyl groups is 1. The topological polar surface area (TPSA) is 86.5 Å². The van der Waals surface area contributed by atoms with Crippen LogP contribution in [0.4, 0.5) is 0 Å². The van der Waals surface area contributed by atoms with E-state index in [-0.39, 0.29) is 18.3 Å². The van der Waals surface area contributed by atoms with Crippen LogP contribution in [-0.2, 0) is 9.47 Å². The first kappa shape index (κ1) is 10.1. The zero-order valence-corrected chi connectivity index (χ0v) is 8.16. The van der Waals surface area contributed by atoms with Crippen molar-refractivity contribution >= 4 is 5.97 Å². The van der Waals surface area contributed by atoms with Gasteiger partial charge in [0.15, 0.2) is 5.69 Å². The van der Waals surface area contributed by atoms with E-state index in [9.17, 15) is 9.90 Å². The predicted molar refractivity (Wildman–Crippen MR) is 47.2 cm³/mol. The molecule has 2 atom stereocenters. The number of ether oxygens (including phenoxy) is 2. The molecule has 82 valence electrons. The number of aliphatic hydroxyl groups excluding tert-OH is 1. The summed E-state index contributed by atoms with van der Waals surface area (Å²) in [5.74, 6) is -0.547. The highest BCUT2D eigenvalue weighted by molar-refractivity contribution is 5.86. The van der Waals surface area contributed by atoms with Gasteiger partial charge in [0.1, 0.15) is 12.1 Å². The Morgan fingerprint density at radius 1 is 1.73 bits per heavy atom. The van der Waals surface area contributed by atoms with E-state index in [0.717, 1.165) is 0 Å². The Morgan fingerprint density at radius 2 is 2.53 bits per heavy atom.